The molecule has 5 nitrogen and oxygen atoms in total. The molecule has 3 aromatic rings. The lowest BCUT2D eigenvalue weighted by atomic mass is 10.2. The fourth-order valence-corrected chi connectivity index (χ4v) is 6.58. The highest BCUT2D eigenvalue weighted by molar-refractivity contribution is 8.01. The molecule has 1 saturated heterocycles. The molecule has 0 N–H and O–H groups in total. The number of rotatable bonds is 7. The molecule has 0 bridgehead atoms. The molecule has 0 saturated carbocycles. The van der Waals surface area contributed by atoms with Gasteiger partial charge in [0.05, 0.1) is 17.4 Å². The summed E-state index contributed by atoms with van der Waals surface area (Å²) in [6, 6.07) is 24.2. The van der Waals surface area contributed by atoms with Crippen molar-refractivity contribution in [2.75, 3.05) is 19.4 Å². The zero-order chi connectivity index (χ0) is 21.0. The Morgan fingerprint density at radius 1 is 0.967 bits per heavy atom. The van der Waals surface area contributed by atoms with Crippen molar-refractivity contribution >= 4 is 21.8 Å². The van der Waals surface area contributed by atoms with Gasteiger partial charge in [-0.25, -0.2) is 8.42 Å². The molecule has 30 heavy (non-hydrogen) atoms. The van der Waals surface area contributed by atoms with Crippen LogP contribution in [0.1, 0.15) is 16.5 Å². The van der Waals surface area contributed by atoms with Crippen molar-refractivity contribution in [1.29, 1.82) is 0 Å². The van der Waals surface area contributed by atoms with Crippen molar-refractivity contribution in [1.82, 2.24) is 4.31 Å². The molecule has 156 valence electrons. The molecule has 1 atom stereocenters. The van der Waals surface area contributed by atoms with E-state index in [2.05, 4.69) is 0 Å². The van der Waals surface area contributed by atoms with Gasteiger partial charge in [0.1, 0.15) is 18.1 Å². The predicted octanol–water partition coefficient (Wildman–Crippen LogP) is 4.71. The summed E-state index contributed by atoms with van der Waals surface area (Å²) >= 11 is 1.62. The molecule has 0 spiro atoms. The van der Waals surface area contributed by atoms with E-state index in [1.165, 1.54) is 0 Å². The minimum atomic E-state index is -3.61. The Morgan fingerprint density at radius 2 is 1.73 bits per heavy atom. The topological polar surface area (TPSA) is 55.8 Å². The highest BCUT2D eigenvalue weighted by Crippen LogP contribution is 2.42. The zero-order valence-electron chi connectivity index (χ0n) is 16.6. The molecule has 0 unspecified atom stereocenters. The molecule has 0 aliphatic carbocycles. The van der Waals surface area contributed by atoms with Crippen molar-refractivity contribution < 1.29 is 17.9 Å². The van der Waals surface area contributed by atoms with Crippen molar-refractivity contribution in [2.45, 2.75) is 16.9 Å². The molecule has 1 heterocycles. The molecule has 7 heteroatoms. The second-order valence-corrected chi connectivity index (χ2v) is 9.94. The smallest absolute Gasteiger partial charge is 0.244 e. The number of hydrogen-bond acceptors (Lipinski definition) is 5. The van der Waals surface area contributed by atoms with E-state index in [9.17, 15) is 8.42 Å². The monoisotopic (exact) mass is 441 g/mol. The van der Waals surface area contributed by atoms with E-state index < -0.39 is 10.0 Å². The molecule has 1 fully saturated rings. The maximum absolute atomic E-state index is 13.3. The van der Waals surface area contributed by atoms with E-state index in [-0.39, 0.29) is 10.3 Å². The first-order valence-corrected chi connectivity index (χ1v) is 12.1. The normalized spacial score (nSPS) is 17.0. The number of methoxy groups -OCH3 is 1. The minimum absolute atomic E-state index is 0.271. The lowest BCUT2D eigenvalue weighted by molar-refractivity contribution is 0.305. The number of benzene rings is 3. The van der Waals surface area contributed by atoms with Gasteiger partial charge in [-0.05, 0) is 47.5 Å². The maximum Gasteiger partial charge on any atom is 0.244 e. The number of thioether (sulfide) groups is 1. The Labute approximate surface area is 181 Å². The predicted molar refractivity (Wildman–Crippen MR) is 119 cm³/mol. The van der Waals surface area contributed by atoms with Crippen LogP contribution >= 0.6 is 11.8 Å². The quantitative estimate of drug-likeness (QED) is 0.531. The van der Waals surface area contributed by atoms with Gasteiger partial charge in [0.25, 0.3) is 0 Å². The molecule has 0 radical (unpaired) electrons. The summed E-state index contributed by atoms with van der Waals surface area (Å²) in [4.78, 5) is 0.271. The number of sulfonamides is 1. The van der Waals surface area contributed by atoms with E-state index in [4.69, 9.17) is 9.47 Å². The summed E-state index contributed by atoms with van der Waals surface area (Å²) < 4.78 is 39.1. The summed E-state index contributed by atoms with van der Waals surface area (Å²) in [6.45, 7) is 0.939. The number of hydrogen-bond donors (Lipinski definition) is 0. The molecule has 1 aliphatic rings. The van der Waals surface area contributed by atoms with E-state index in [1.54, 1.807) is 47.4 Å². The van der Waals surface area contributed by atoms with Crippen LogP contribution in [0.15, 0.2) is 83.8 Å². The second kappa shape index (κ2) is 9.12. The summed E-state index contributed by atoms with van der Waals surface area (Å²) in [5.74, 6) is 2.10. The highest BCUT2D eigenvalue weighted by Gasteiger charge is 2.37. The molecule has 0 aromatic heterocycles. The van der Waals surface area contributed by atoms with Gasteiger partial charge in [-0.1, -0.05) is 42.5 Å². The molecule has 0 amide bonds. The van der Waals surface area contributed by atoms with Gasteiger partial charge in [-0.15, -0.1) is 11.8 Å². The van der Waals surface area contributed by atoms with Crippen LogP contribution in [0, 0.1) is 0 Å². The van der Waals surface area contributed by atoms with Crippen LogP contribution in [-0.4, -0.2) is 32.1 Å². The summed E-state index contributed by atoms with van der Waals surface area (Å²) in [5.41, 5.74) is 2.00. The van der Waals surface area contributed by atoms with Crippen molar-refractivity contribution in [3.8, 4) is 11.5 Å². The van der Waals surface area contributed by atoms with Crippen LogP contribution in [-0.2, 0) is 16.6 Å². The third-order valence-corrected chi connectivity index (χ3v) is 8.18. The third kappa shape index (κ3) is 4.48. The Balaban J connectivity index is 1.54. The van der Waals surface area contributed by atoms with Crippen LogP contribution in [0.5, 0.6) is 11.5 Å². The lowest BCUT2D eigenvalue weighted by Gasteiger charge is -2.24. The van der Waals surface area contributed by atoms with E-state index in [0.717, 1.165) is 22.6 Å². The van der Waals surface area contributed by atoms with Crippen molar-refractivity contribution in [3.05, 3.63) is 90.0 Å². The average molecular weight is 442 g/mol. The Morgan fingerprint density at radius 3 is 2.47 bits per heavy atom. The first-order valence-electron chi connectivity index (χ1n) is 9.62. The molecule has 3 aromatic carbocycles. The molecule has 1 aliphatic heterocycles. The largest absolute Gasteiger partial charge is 0.497 e. The van der Waals surface area contributed by atoms with Gasteiger partial charge in [-0.2, -0.15) is 4.31 Å². The third-order valence-electron chi connectivity index (χ3n) is 4.91. The Kier molecular flexibility index (Phi) is 6.32. The van der Waals surface area contributed by atoms with E-state index in [1.807, 2.05) is 54.6 Å². The van der Waals surface area contributed by atoms with Crippen LogP contribution in [0.4, 0.5) is 0 Å². The van der Waals surface area contributed by atoms with Crippen LogP contribution in [0.2, 0.25) is 0 Å². The highest BCUT2D eigenvalue weighted by atomic mass is 32.2. The first kappa shape index (κ1) is 20.8. The summed E-state index contributed by atoms with van der Waals surface area (Å²) in [7, 11) is -2.05. The fraction of sp³-hybridized carbons (Fsp3) is 0.217. The Hall–Kier alpha value is -2.48. The van der Waals surface area contributed by atoms with Crippen LogP contribution in [0.25, 0.3) is 0 Å². The maximum atomic E-state index is 13.3. The average Bonchev–Trinajstić information content (AvgIpc) is 3.30. The number of nitrogens with zero attached hydrogens (tertiary/aromatic N) is 1. The molecular formula is C23H23NO4S2. The fourth-order valence-electron chi connectivity index (χ4n) is 3.35. The van der Waals surface area contributed by atoms with Gasteiger partial charge in [0.2, 0.25) is 10.0 Å². The first-order chi connectivity index (χ1) is 14.6. The van der Waals surface area contributed by atoms with E-state index in [0.29, 0.717) is 18.9 Å². The standard InChI is InChI=1S/C23H23NO4S2/c1-27-20-10-12-22(13-11-20)30(25,26)24-14-15-29-23(24)19-8-5-9-21(16-19)28-17-18-6-3-2-4-7-18/h2-13,16,23H,14-15,17H2,1H3/t23-/m0/s1. The van der Waals surface area contributed by atoms with E-state index >= 15 is 0 Å². The molecule has 4 rings (SSSR count). The zero-order valence-corrected chi connectivity index (χ0v) is 18.2. The minimum Gasteiger partial charge on any atom is -0.497 e. The van der Waals surface area contributed by atoms with Gasteiger partial charge in [0.15, 0.2) is 0 Å². The van der Waals surface area contributed by atoms with Gasteiger partial charge >= 0.3 is 0 Å². The van der Waals surface area contributed by atoms with Gasteiger partial charge in [0, 0.05) is 12.3 Å². The molecular weight excluding hydrogens is 418 g/mol. The SMILES string of the molecule is COc1ccc(S(=O)(=O)N2CCS[C@H]2c2cccc(OCc3ccccc3)c2)cc1. The van der Waals surface area contributed by atoms with Gasteiger partial charge < -0.3 is 9.47 Å². The van der Waals surface area contributed by atoms with Crippen LogP contribution < -0.4 is 9.47 Å². The summed E-state index contributed by atoms with van der Waals surface area (Å²) in [5, 5.41) is -0.280. The van der Waals surface area contributed by atoms with Crippen molar-refractivity contribution in [2.24, 2.45) is 0 Å². The number of ether oxygens (including phenoxy) is 2. The second-order valence-electron chi connectivity index (χ2n) is 6.86. The summed E-state index contributed by atoms with van der Waals surface area (Å²) in [6.07, 6.45) is 0. The Bertz CT molecular complexity index is 1090. The van der Waals surface area contributed by atoms with Crippen molar-refractivity contribution in [3.63, 3.8) is 0 Å². The van der Waals surface area contributed by atoms with Gasteiger partial charge in [-0.3, -0.25) is 0 Å². The van der Waals surface area contributed by atoms with Crippen LogP contribution in [0.3, 0.4) is 0 Å². The lowest BCUT2D eigenvalue weighted by Crippen LogP contribution is -2.30.